The predicted molar refractivity (Wildman–Crippen MR) is 112 cm³/mol. The summed E-state index contributed by atoms with van der Waals surface area (Å²) in [6.45, 7) is 4.46. The maximum atomic E-state index is 12.6. The summed E-state index contributed by atoms with van der Waals surface area (Å²) >= 11 is 1.59. The average molecular weight is 397 g/mol. The molecule has 0 N–H and O–H groups in total. The van der Waals surface area contributed by atoms with Gasteiger partial charge >= 0.3 is 0 Å². The summed E-state index contributed by atoms with van der Waals surface area (Å²) < 4.78 is 6.49. The first-order valence-corrected chi connectivity index (χ1v) is 10.2. The summed E-state index contributed by atoms with van der Waals surface area (Å²) in [7, 11) is 1.76. The van der Waals surface area contributed by atoms with E-state index in [1.807, 2.05) is 38.1 Å². The van der Waals surface area contributed by atoms with Gasteiger partial charge in [0.2, 0.25) is 5.91 Å². The lowest BCUT2D eigenvalue weighted by Crippen LogP contribution is -2.29. The van der Waals surface area contributed by atoms with Crippen molar-refractivity contribution in [1.29, 1.82) is 0 Å². The number of aromatic nitrogens is 1. The Kier molecular flexibility index (Phi) is 6.41. The molecule has 0 fully saturated rings. The number of rotatable bonds is 8. The molecule has 1 amide bonds. The Bertz CT molecular complexity index is 932. The van der Waals surface area contributed by atoms with Crippen molar-refractivity contribution in [1.82, 2.24) is 9.88 Å². The highest BCUT2D eigenvalue weighted by atomic mass is 32.1. The largest absolute Gasteiger partial charge is 0.494 e. The van der Waals surface area contributed by atoms with Crippen molar-refractivity contribution in [3.8, 4) is 5.75 Å². The Morgan fingerprint density at radius 3 is 2.50 bits per heavy atom. The molecule has 5 nitrogen and oxygen atoms in total. The van der Waals surface area contributed by atoms with Gasteiger partial charge in [-0.25, -0.2) is 4.98 Å². The minimum absolute atomic E-state index is 0.0440. The van der Waals surface area contributed by atoms with E-state index in [-0.39, 0.29) is 30.6 Å². The number of amides is 1. The number of ether oxygens (including phenoxy) is 1. The van der Waals surface area contributed by atoms with Gasteiger partial charge in [0.1, 0.15) is 10.8 Å². The SMILES string of the molecule is CCOc1ccc(C(=O)CCC(=O)N(C)[C@H](C)c2nc3ccccc3s2)cc1. The summed E-state index contributed by atoms with van der Waals surface area (Å²) in [6.07, 6.45) is 0.363. The summed E-state index contributed by atoms with van der Waals surface area (Å²) in [5, 5.41) is 0.898. The zero-order chi connectivity index (χ0) is 20.1. The monoisotopic (exact) mass is 396 g/mol. The van der Waals surface area contributed by atoms with Crippen LogP contribution in [0.4, 0.5) is 0 Å². The number of ketones is 1. The molecule has 0 bridgehead atoms. The Morgan fingerprint density at radius 2 is 1.82 bits per heavy atom. The van der Waals surface area contributed by atoms with Crippen LogP contribution in [-0.2, 0) is 4.79 Å². The van der Waals surface area contributed by atoms with Gasteiger partial charge in [-0.05, 0) is 50.2 Å². The van der Waals surface area contributed by atoms with Crippen LogP contribution in [0.1, 0.15) is 48.1 Å². The normalized spacial score (nSPS) is 12.0. The number of carbonyl (C=O) groups is 2. The molecule has 1 atom stereocenters. The molecule has 0 unspecified atom stereocenters. The summed E-state index contributed by atoms with van der Waals surface area (Å²) in [4.78, 5) is 31.3. The molecule has 1 aromatic heterocycles. The third-order valence-electron chi connectivity index (χ3n) is 4.70. The number of hydrogen-bond donors (Lipinski definition) is 0. The van der Waals surface area contributed by atoms with E-state index in [1.54, 1.807) is 47.5 Å². The number of para-hydroxylation sites is 1. The molecular weight excluding hydrogens is 372 g/mol. The van der Waals surface area contributed by atoms with Crippen LogP contribution in [0, 0.1) is 0 Å². The first-order valence-electron chi connectivity index (χ1n) is 9.36. The smallest absolute Gasteiger partial charge is 0.223 e. The van der Waals surface area contributed by atoms with Gasteiger partial charge in [-0.1, -0.05) is 12.1 Å². The highest BCUT2D eigenvalue weighted by Gasteiger charge is 2.21. The van der Waals surface area contributed by atoms with Crippen molar-refractivity contribution >= 4 is 33.2 Å². The lowest BCUT2D eigenvalue weighted by molar-refractivity contribution is -0.131. The van der Waals surface area contributed by atoms with Gasteiger partial charge in [0, 0.05) is 25.5 Å². The Labute approximate surface area is 169 Å². The van der Waals surface area contributed by atoms with E-state index in [0.717, 1.165) is 21.0 Å². The molecule has 2 aromatic carbocycles. The Hall–Kier alpha value is -2.73. The van der Waals surface area contributed by atoms with E-state index in [0.29, 0.717) is 12.2 Å². The summed E-state index contributed by atoms with van der Waals surface area (Å²) in [6, 6.07) is 14.8. The molecule has 3 rings (SSSR count). The molecule has 0 saturated carbocycles. The van der Waals surface area contributed by atoms with Crippen LogP contribution < -0.4 is 4.74 Å². The number of Topliss-reactive ketones (excluding diaryl/α,β-unsaturated/α-hetero) is 1. The van der Waals surface area contributed by atoms with E-state index < -0.39 is 0 Å². The van der Waals surface area contributed by atoms with Crippen molar-refractivity contribution in [2.45, 2.75) is 32.7 Å². The van der Waals surface area contributed by atoms with Crippen LogP contribution in [0.25, 0.3) is 10.2 Å². The Morgan fingerprint density at radius 1 is 1.11 bits per heavy atom. The minimum atomic E-state index is -0.134. The third kappa shape index (κ3) is 4.57. The van der Waals surface area contributed by atoms with Gasteiger partial charge in [-0.3, -0.25) is 9.59 Å². The fourth-order valence-corrected chi connectivity index (χ4v) is 3.96. The van der Waals surface area contributed by atoms with Gasteiger partial charge in [0.15, 0.2) is 5.78 Å². The summed E-state index contributed by atoms with van der Waals surface area (Å²) in [5.41, 5.74) is 1.54. The van der Waals surface area contributed by atoms with Crippen molar-refractivity contribution in [3.05, 3.63) is 59.1 Å². The number of thiazole rings is 1. The first kappa shape index (κ1) is 20.0. The van der Waals surface area contributed by atoms with Gasteiger partial charge in [0.25, 0.3) is 0 Å². The highest BCUT2D eigenvalue weighted by Crippen LogP contribution is 2.29. The van der Waals surface area contributed by atoms with Crippen LogP contribution in [-0.4, -0.2) is 35.2 Å². The molecule has 6 heteroatoms. The van der Waals surface area contributed by atoms with Crippen LogP contribution in [0.3, 0.4) is 0 Å². The van der Waals surface area contributed by atoms with Crippen molar-refractivity contribution in [2.24, 2.45) is 0 Å². The molecular formula is C22H24N2O3S. The van der Waals surface area contributed by atoms with E-state index in [9.17, 15) is 9.59 Å². The number of nitrogens with zero attached hydrogens (tertiary/aromatic N) is 2. The number of fused-ring (bicyclic) bond motifs is 1. The van der Waals surface area contributed by atoms with E-state index in [2.05, 4.69) is 4.98 Å². The molecule has 3 aromatic rings. The molecule has 146 valence electrons. The standard InChI is InChI=1S/C22H24N2O3S/c1-4-27-17-11-9-16(10-12-17)19(25)13-14-21(26)24(3)15(2)22-23-18-7-5-6-8-20(18)28-22/h5-12,15H,4,13-14H2,1-3H3/t15-/m1/s1. The van der Waals surface area contributed by atoms with Crippen LogP contribution in [0.5, 0.6) is 5.75 Å². The van der Waals surface area contributed by atoms with Crippen LogP contribution in [0.2, 0.25) is 0 Å². The zero-order valence-corrected chi connectivity index (χ0v) is 17.2. The zero-order valence-electron chi connectivity index (χ0n) is 16.3. The fourth-order valence-electron chi connectivity index (χ4n) is 2.90. The lowest BCUT2D eigenvalue weighted by Gasteiger charge is -2.23. The number of carbonyl (C=O) groups excluding carboxylic acids is 2. The highest BCUT2D eigenvalue weighted by molar-refractivity contribution is 7.18. The van der Waals surface area contributed by atoms with Gasteiger partial charge < -0.3 is 9.64 Å². The molecule has 0 radical (unpaired) electrons. The molecule has 0 saturated heterocycles. The topological polar surface area (TPSA) is 59.5 Å². The Balaban J connectivity index is 1.58. The average Bonchev–Trinajstić information content (AvgIpc) is 3.15. The van der Waals surface area contributed by atoms with Gasteiger partial charge in [0.05, 0.1) is 22.9 Å². The fraction of sp³-hybridized carbons (Fsp3) is 0.318. The number of benzene rings is 2. The van der Waals surface area contributed by atoms with Crippen molar-refractivity contribution in [2.75, 3.05) is 13.7 Å². The van der Waals surface area contributed by atoms with Gasteiger partial charge in [-0.15, -0.1) is 11.3 Å². The third-order valence-corrected chi connectivity index (χ3v) is 5.90. The molecule has 1 heterocycles. The second-order valence-electron chi connectivity index (χ2n) is 6.58. The first-order chi connectivity index (χ1) is 13.5. The molecule has 0 aliphatic heterocycles. The molecule has 28 heavy (non-hydrogen) atoms. The predicted octanol–water partition coefficient (Wildman–Crippen LogP) is 4.88. The van der Waals surface area contributed by atoms with Crippen molar-refractivity contribution in [3.63, 3.8) is 0 Å². The molecule has 0 aliphatic carbocycles. The van der Waals surface area contributed by atoms with E-state index in [4.69, 9.17) is 4.74 Å². The second kappa shape index (κ2) is 8.97. The maximum Gasteiger partial charge on any atom is 0.223 e. The van der Waals surface area contributed by atoms with Crippen LogP contribution in [0.15, 0.2) is 48.5 Å². The molecule has 0 aliphatic rings. The van der Waals surface area contributed by atoms with Crippen LogP contribution >= 0.6 is 11.3 Å². The minimum Gasteiger partial charge on any atom is -0.494 e. The number of hydrogen-bond acceptors (Lipinski definition) is 5. The quantitative estimate of drug-likeness (QED) is 0.509. The second-order valence-corrected chi connectivity index (χ2v) is 7.64. The van der Waals surface area contributed by atoms with E-state index in [1.165, 1.54) is 0 Å². The van der Waals surface area contributed by atoms with Gasteiger partial charge in [-0.2, -0.15) is 0 Å². The lowest BCUT2D eigenvalue weighted by atomic mass is 10.1. The van der Waals surface area contributed by atoms with Crippen molar-refractivity contribution < 1.29 is 14.3 Å². The molecule has 0 spiro atoms. The van der Waals surface area contributed by atoms with E-state index >= 15 is 0 Å². The summed E-state index contributed by atoms with van der Waals surface area (Å²) in [5.74, 6) is 0.628. The maximum absolute atomic E-state index is 12.6.